The summed E-state index contributed by atoms with van der Waals surface area (Å²) in [5, 5.41) is 9.70. The lowest BCUT2D eigenvalue weighted by Crippen LogP contribution is -2.14. The number of benzene rings is 1. The van der Waals surface area contributed by atoms with E-state index in [2.05, 4.69) is 4.98 Å². The maximum atomic E-state index is 9.70. The van der Waals surface area contributed by atoms with Crippen molar-refractivity contribution in [1.82, 2.24) is 4.98 Å². The van der Waals surface area contributed by atoms with Crippen LogP contribution in [0.4, 0.5) is 0 Å². The Balaban J connectivity index is 2.23. The van der Waals surface area contributed by atoms with Crippen LogP contribution in [0, 0.1) is 0 Å². The molecule has 0 fully saturated rings. The third-order valence-electron chi connectivity index (χ3n) is 3.24. The van der Waals surface area contributed by atoms with E-state index in [0.717, 1.165) is 5.56 Å². The van der Waals surface area contributed by atoms with Crippen LogP contribution >= 0.6 is 0 Å². The van der Waals surface area contributed by atoms with E-state index in [1.165, 1.54) is 0 Å². The van der Waals surface area contributed by atoms with Crippen molar-refractivity contribution >= 4 is 0 Å². The molecule has 0 saturated carbocycles. The van der Waals surface area contributed by atoms with Gasteiger partial charge in [0.1, 0.15) is 11.9 Å². The number of rotatable bonds is 7. The molecule has 22 heavy (non-hydrogen) atoms. The van der Waals surface area contributed by atoms with Gasteiger partial charge in [0.2, 0.25) is 0 Å². The second kappa shape index (κ2) is 7.66. The van der Waals surface area contributed by atoms with E-state index in [1.54, 1.807) is 45.7 Å². The molecule has 1 heterocycles. The SMILES string of the molecule is COc1ccc(OC(CC(C)O)c2cccnc2)cc1OC. The second-order valence-corrected chi connectivity index (χ2v) is 4.99. The highest BCUT2D eigenvalue weighted by molar-refractivity contribution is 5.45. The molecule has 0 aliphatic carbocycles. The van der Waals surface area contributed by atoms with Gasteiger partial charge in [0, 0.05) is 30.4 Å². The summed E-state index contributed by atoms with van der Waals surface area (Å²) >= 11 is 0. The minimum absolute atomic E-state index is 0.285. The van der Waals surface area contributed by atoms with E-state index in [1.807, 2.05) is 18.2 Å². The van der Waals surface area contributed by atoms with Crippen LogP contribution in [0.25, 0.3) is 0 Å². The average molecular weight is 303 g/mol. The van der Waals surface area contributed by atoms with E-state index >= 15 is 0 Å². The number of pyridine rings is 1. The number of hydrogen-bond acceptors (Lipinski definition) is 5. The maximum absolute atomic E-state index is 9.70. The largest absolute Gasteiger partial charge is 0.493 e. The van der Waals surface area contributed by atoms with E-state index < -0.39 is 6.10 Å². The first kappa shape index (κ1) is 16.1. The van der Waals surface area contributed by atoms with Crippen molar-refractivity contribution in [2.24, 2.45) is 0 Å². The Kier molecular flexibility index (Phi) is 5.61. The molecule has 0 aliphatic heterocycles. The zero-order chi connectivity index (χ0) is 15.9. The molecule has 0 bridgehead atoms. The molecule has 2 rings (SSSR count). The predicted molar refractivity (Wildman–Crippen MR) is 83.4 cm³/mol. The summed E-state index contributed by atoms with van der Waals surface area (Å²) in [6.07, 6.45) is 3.16. The average Bonchev–Trinajstić information content (AvgIpc) is 2.54. The summed E-state index contributed by atoms with van der Waals surface area (Å²) < 4.78 is 16.5. The van der Waals surface area contributed by atoms with Crippen LogP contribution in [0.15, 0.2) is 42.7 Å². The molecule has 0 aliphatic rings. The van der Waals surface area contributed by atoms with Gasteiger partial charge in [-0.2, -0.15) is 0 Å². The summed E-state index contributed by atoms with van der Waals surface area (Å²) in [6, 6.07) is 9.15. The molecule has 0 spiro atoms. The van der Waals surface area contributed by atoms with E-state index in [-0.39, 0.29) is 6.10 Å². The quantitative estimate of drug-likeness (QED) is 0.852. The third-order valence-corrected chi connectivity index (χ3v) is 3.24. The number of aliphatic hydroxyl groups excluding tert-OH is 1. The van der Waals surface area contributed by atoms with Gasteiger partial charge in [0.25, 0.3) is 0 Å². The summed E-state index contributed by atoms with van der Waals surface area (Å²) in [4.78, 5) is 4.11. The Hall–Kier alpha value is -2.27. The number of ether oxygens (including phenoxy) is 3. The number of aliphatic hydroxyl groups is 1. The van der Waals surface area contributed by atoms with Gasteiger partial charge in [-0.3, -0.25) is 4.98 Å². The molecule has 118 valence electrons. The van der Waals surface area contributed by atoms with Crippen molar-refractivity contribution in [2.75, 3.05) is 14.2 Å². The van der Waals surface area contributed by atoms with E-state index in [0.29, 0.717) is 23.7 Å². The van der Waals surface area contributed by atoms with E-state index in [4.69, 9.17) is 14.2 Å². The Morgan fingerprint density at radius 2 is 1.91 bits per heavy atom. The normalized spacial score (nSPS) is 13.3. The minimum atomic E-state index is -0.481. The first-order valence-electron chi connectivity index (χ1n) is 7.10. The maximum Gasteiger partial charge on any atom is 0.164 e. The Morgan fingerprint density at radius 3 is 2.50 bits per heavy atom. The zero-order valence-corrected chi connectivity index (χ0v) is 13.0. The number of nitrogens with zero attached hydrogens (tertiary/aromatic N) is 1. The van der Waals surface area contributed by atoms with Crippen LogP contribution in [0.1, 0.15) is 25.0 Å². The van der Waals surface area contributed by atoms with Gasteiger partial charge in [-0.05, 0) is 25.1 Å². The fourth-order valence-electron chi connectivity index (χ4n) is 2.18. The van der Waals surface area contributed by atoms with Crippen molar-refractivity contribution < 1.29 is 19.3 Å². The molecule has 1 N–H and O–H groups in total. The summed E-state index contributed by atoms with van der Waals surface area (Å²) in [5.74, 6) is 1.89. The van der Waals surface area contributed by atoms with Crippen LogP contribution in [0.5, 0.6) is 17.2 Å². The van der Waals surface area contributed by atoms with Gasteiger partial charge in [-0.1, -0.05) is 6.07 Å². The molecule has 2 unspecified atom stereocenters. The number of methoxy groups -OCH3 is 2. The lowest BCUT2D eigenvalue weighted by molar-refractivity contribution is 0.105. The number of aromatic nitrogens is 1. The smallest absolute Gasteiger partial charge is 0.164 e. The molecule has 5 nitrogen and oxygen atoms in total. The molecular formula is C17H21NO4. The fraction of sp³-hybridized carbons (Fsp3) is 0.353. The monoisotopic (exact) mass is 303 g/mol. The first-order valence-corrected chi connectivity index (χ1v) is 7.10. The molecule has 2 atom stereocenters. The Labute approximate surface area is 130 Å². The molecule has 2 aromatic rings. The molecule has 0 saturated heterocycles. The second-order valence-electron chi connectivity index (χ2n) is 4.99. The van der Waals surface area contributed by atoms with Crippen LogP contribution in [-0.4, -0.2) is 30.4 Å². The Morgan fingerprint density at radius 1 is 1.14 bits per heavy atom. The van der Waals surface area contributed by atoms with E-state index in [9.17, 15) is 5.11 Å². The Bertz CT molecular complexity index is 586. The number of hydrogen-bond donors (Lipinski definition) is 1. The van der Waals surface area contributed by atoms with Crippen LogP contribution < -0.4 is 14.2 Å². The van der Waals surface area contributed by atoms with Gasteiger partial charge in [0.05, 0.1) is 20.3 Å². The predicted octanol–water partition coefficient (Wildman–Crippen LogP) is 2.99. The lowest BCUT2D eigenvalue weighted by Gasteiger charge is -2.21. The minimum Gasteiger partial charge on any atom is -0.493 e. The van der Waals surface area contributed by atoms with Crippen molar-refractivity contribution in [3.8, 4) is 17.2 Å². The van der Waals surface area contributed by atoms with Crippen molar-refractivity contribution in [3.05, 3.63) is 48.3 Å². The van der Waals surface area contributed by atoms with Crippen molar-refractivity contribution in [1.29, 1.82) is 0 Å². The topological polar surface area (TPSA) is 60.8 Å². The van der Waals surface area contributed by atoms with Gasteiger partial charge in [-0.25, -0.2) is 0 Å². The molecular weight excluding hydrogens is 282 g/mol. The summed E-state index contributed by atoms with van der Waals surface area (Å²) in [5.41, 5.74) is 0.915. The zero-order valence-electron chi connectivity index (χ0n) is 13.0. The molecule has 0 radical (unpaired) electrons. The fourth-order valence-corrected chi connectivity index (χ4v) is 2.18. The van der Waals surface area contributed by atoms with Gasteiger partial charge in [-0.15, -0.1) is 0 Å². The highest BCUT2D eigenvalue weighted by Gasteiger charge is 2.17. The molecule has 0 amide bonds. The summed E-state index contributed by atoms with van der Waals surface area (Å²) in [7, 11) is 3.17. The van der Waals surface area contributed by atoms with Crippen molar-refractivity contribution in [3.63, 3.8) is 0 Å². The van der Waals surface area contributed by atoms with Crippen LogP contribution in [-0.2, 0) is 0 Å². The van der Waals surface area contributed by atoms with Gasteiger partial charge < -0.3 is 19.3 Å². The molecule has 1 aromatic carbocycles. The standard InChI is InChI=1S/C17H21NO4/c1-12(19)9-16(13-5-4-8-18-11-13)22-14-6-7-15(20-2)17(10-14)21-3/h4-8,10-12,16,19H,9H2,1-3H3. The van der Waals surface area contributed by atoms with Gasteiger partial charge in [0.15, 0.2) is 11.5 Å². The highest BCUT2D eigenvalue weighted by atomic mass is 16.5. The van der Waals surface area contributed by atoms with Crippen molar-refractivity contribution in [2.45, 2.75) is 25.6 Å². The van der Waals surface area contributed by atoms with Crippen LogP contribution in [0.2, 0.25) is 0 Å². The first-order chi connectivity index (χ1) is 10.6. The molecule has 1 aromatic heterocycles. The lowest BCUT2D eigenvalue weighted by atomic mass is 10.1. The van der Waals surface area contributed by atoms with Crippen LogP contribution in [0.3, 0.4) is 0 Å². The van der Waals surface area contributed by atoms with Gasteiger partial charge >= 0.3 is 0 Å². The third kappa shape index (κ3) is 4.11. The molecule has 5 heteroatoms. The summed E-state index contributed by atoms with van der Waals surface area (Å²) in [6.45, 7) is 1.74. The highest BCUT2D eigenvalue weighted by Crippen LogP contribution is 2.33.